The van der Waals surface area contributed by atoms with Crippen LogP contribution in [0.2, 0.25) is 10.0 Å². The van der Waals surface area contributed by atoms with Gasteiger partial charge in [-0.25, -0.2) is 5.43 Å². The lowest BCUT2D eigenvalue weighted by molar-refractivity contribution is 0.0955. The molecule has 1 heterocycles. The third kappa shape index (κ3) is 3.35. The summed E-state index contributed by atoms with van der Waals surface area (Å²) in [6.07, 6.45) is 6.10. The summed E-state index contributed by atoms with van der Waals surface area (Å²) in [6, 6.07) is 10.9. The number of carbonyl (C=O) groups excluding carboxylic acids is 1. The Morgan fingerprint density at radius 2 is 1.92 bits per heavy atom. The Kier molecular flexibility index (Phi) is 4.70. The topological polar surface area (TPSA) is 57.2 Å². The second kappa shape index (κ2) is 7.14. The van der Waals surface area contributed by atoms with Crippen LogP contribution in [0.4, 0.5) is 0 Å². The maximum atomic E-state index is 12.4. The van der Waals surface area contributed by atoms with Gasteiger partial charge >= 0.3 is 0 Å². The van der Waals surface area contributed by atoms with E-state index in [1.807, 2.05) is 18.2 Å². The zero-order chi connectivity index (χ0) is 18.1. The van der Waals surface area contributed by atoms with Crippen LogP contribution < -0.4 is 5.43 Å². The van der Waals surface area contributed by atoms with Crippen molar-refractivity contribution >= 4 is 46.2 Å². The van der Waals surface area contributed by atoms with Crippen LogP contribution in [0.25, 0.3) is 10.9 Å². The number of nitrogens with one attached hydrogen (secondary N) is 2. The summed E-state index contributed by atoms with van der Waals surface area (Å²) in [7, 11) is 0. The van der Waals surface area contributed by atoms with Crippen LogP contribution in [0.5, 0.6) is 0 Å². The number of hydrogen-bond acceptors (Lipinski definition) is 2. The van der Waals surface area contributed by atoms with Crippen molar-refractivity contribution in [2.24, 2.45) is 5.10 Å². The normalized spacial score (nSPS) is 13.9. The van der Waals surface area contributed by atoms with Gasteiger partial charge in [-0.15, -0.1) is 0 Å². The van der Waals surface area contributed by atoms with E-state index < -0.39 is 0 Å². The van der Waals surface area contributed by atoms with Gasteiger partial charge in [-0.1, -0.05) is 29.3 Å². The van der Waals surface area contributed by atoms with E-state index in [9.17, 15) is 4.79 Å². The predicted molar refractivity (Wildman–Crippen MR) is 106 cm³/mol. The lowest BCUT2D eigenvalue weighted by Gasteiger charge is -2.10. The smallest absolute Gasteiger partial charge is 0.271 e. The summed E-state index contributed by atoms with van der Waals surface area (Å²) in [6.45, 7) is 0. The highest BCUT2D eigenvalue weighted by Crippen LogP contribution is 2.29. The molecule has 0 radical (unpaired) electrons. The molecule has 0 fully saturated rings. The lowest BCUT2D eigenvalue weighted by Crippen LogP contribution is -2.17. The van der Waals surface area contributed by atoms with E-state index in [0.717, 1.165) is 29.3 Å². The van der Waals surface area contributed by atoms with Crippen LogP contribution in [0.3, 0.4) is 0 Å². The van der Waals surface area contributed by atoms with Gasteiger partial charge in [-0.2, -0.15) is 5.10 Å². The number of fused-ring (bicyclic) bond motifs is 3. The van der Waals surface area contributed by atoms with Gasteiger partial charge in [-0.3, -0.25) is 4.79 Å². The Bertz CT molecular complexity index is 1020. The van der Waals surface area contributed by atoms with E-state index >= 15 is 0 Å². The van der Waals surface area contributed by atoms with Crippen LogP contribution in [0, 0.1) is 0 Å². The Balaban J connectivity index is 1.52. The second-order valence-electron chi connectivity index (χ2n) is 6.42. The van der Waals surface area contributed by atoms with Crippen molar-refractivity contribution in [3.8, 4) is 0 Å². The van der Waals surface area contributed by atoms with Crippen molar-refractivity contribution < 1.29 is 4.79 Å². The molecule has 2 aromatic carbocycles. The van der Waals surface area contributed by atoms with Gasteiger partial charge in [0.1, 0.15) is 0 Å². The molecule has 0 bridgehead atoms. The van der Waals surface area contributed by atoms with Crippen LogP contribution in [0.15, 0.2) is 41.5 Å². The fourth-order valence-electron chi connectivity index (χ4n) is 3.37. The summed E-state index contributed by atoms with van der Waals surface area (Å²) in [5, 5.41) is 6.08. The van der Waals surface area contributed by atoms with E-state index in [0.29, 0.717) is 15.6 Å². The highest BCUT2D eigenvalue weighted by atomic mass is 35.5. The zero-order valence-electron chi connectivity index (χ0n) is 14.0. The number of halogens is 2. The molecule has 2 N–H and O–H groups in total. The fraction of sp³-hybridized carbons (Fsp3) is 0.200. The molecule has 1 amide bonds. The van der Waals surface area contributed by atoms with Gasteiger partial charge in [-0.05, 0) is 67.1 Å². The number of amides is 1. The number of benzene rings is 2. The molecule has 1 aromatic heterocycles. The van der Waals surface area contributed by atoms with Crippen LogP contribution in [0.1, 0.15) is 40.0 Å². The SMILES string of the molecule is O=C(N/N=C/c1ccc(Cl)c(Cl)c1)c1ccc2[nH]c3c(c2c1)CCCC3. The number of nitrogens with zero attached hydrogens (tertiary/aromatic N) is 1. The predicted octanol–water partition coefficient (Wildman–Crippen LogP) is 5.12. The average molecular weight is 386 g/mol. The average Bonchev–Trinajstić information content (AvgIpc) is 3.02. The van der Waals surface area contributed by atoms with Gasteiger partial charge in [0.05, 0.1) is 16.3 Å². The highest BCUT2D eigenvalue weighted by molar-refractivity contribution is 6.42. The number of H-pyrrole nitrogens is 1. The molecule has 1 aliphatic rings. The molecule has 0 aliphatic heterocycles. The molecule has 0 saturated heterocycles. The van der Waals surface area contributed by atoms with Crippen molar-refractivity contribution in [1.82, 2.24) is 10.4 Å². The minimum Gasteiger partial charge on any atom is -0.358 e. The Labute approximate surface area is 161 Å². The van der Waals surface area contributed by atoms with Crippen molar-refractivity contribution in [3.05, 3.63) is 68.8 Å². The first kappa shape index (κ1) is 17.1. The maximum absolute atomic E-state index is 12.4. The van der Waals surface area contributed by atoms with Crippen LogP contribution >= 0.6 is 23.2 Å². The Hall–Kier alpha value is -2.30. The lowest BCUT2D eigenvalue weighted by atomic mass is 9.95. The molecule has 1 aliphatic carbocycles. The second-order valence-corrected chi connectivity index (χ2v) is 7.24. The first-order valence-corrected chi connectivity index (χ1v) is 9.29. The fourth-order valence-corrected chi connectivity index (χ4v) is 3.68. The molecule has 6 heteroatoms. The Morgan fingerprint density at radius 1 is 1.08 bits per heavy atom. The van der Waals surface area contributed by atoms with Crippen LogP contribution in [-0.2, 0) is 12.8 Å². The van der Waals surface area contributed by atoms with Crippen LogP contribution in [-0.4, -0.2) is 17.1 Å². The minimum atomic E-state index is -0.242. The molecule has 4 rings (SSSR count). The molecule has 0 atom stereocenters. The molecular weight excluding hydrogens is 369 g/mol. The van der Waals surface area contributed by atoms with Gasteiger partial charge in [0.25, 0.3) is 5.91 Å². The summed E-state index contributed by atoms with van der Waals surface area (Å²) in [4.78, 5) is 15.9. The third-order valence-electron chi connectivity index (χ3n) is 4.68. The number of aromatic amines is 1. The van der Waals surface area contributed by atoms with Crippen molar-refractivity contribution in [3.63, 3.8) is 0 Å². The molecule has 26 heavy (non-hydrogen) atoms. The molecule has 3 aromatic rings. The van der Waals surface area contributed by atoms with Gasteiger partial charge < -0.3 is 4.98 Å². The summed E-state index contributed by atoms with van der Waals surface area (Å²) < 4.78 is 0. The quantitative estimate of drug-likeness (QED) is 0.477. The van der Waals surface area contributed by atoms with E-state index in [2.05, 4.69) is 15.5 Å². The molecule has 0 unspecified atom stereocenters. The van der Waals surface area contributed by atoms with Gasteiger partial charge in [0.2, 0.25) is 0 Å². The first-order chi connectivity index (χ1) is 12.6. The summed E-state index contributed by atoms with van der Waals surface area (Å²) in [5.41, 5.74) is 7.66. The maximum Gasteiger partial charge on any atom is 0.271 e. The van der Waals surface area contributed by atoms with E-state index in [-0.39, 0.29) is 5.91 Å². The summed E-state index contributed by atoms with van der Waals surface area (Å²) in [5.74, 6) is -0.242. The van der Waals surface area contributed by atoms with Crippen molar-refractivity contribution in [2.75, 3.05) is 0 Å². The minimum absolute atomic E-state index is 0.242. The van der Waals surface area contributed by atoms with E-state index in [1.165, 1.54) is 30.3 Å². The number of hydrogen-bond donors (Lipinski definition) is 2. The third-order valence-corrected chi connectivity index (χ3v) is 5.42. The first-order valence-electron chi connectivity index (χ1n) is 8.54. The van der Waals surface area contributed by atoms with Gasteiger partial charge in [0.15, 0.2) is 0 Å². The molecule has 4 nitrogen and oxygen atoms in total. The molecule has 0 saturated carbocycles. The highest BCUT2D eigenvalue weighted by Gasteiger charge is 2.16. The molecule has 132 valence electrons. The number of carbonyl (C=O) groups is 1. The monoisotopic (exact) mass is 385 g/mol. The molecular formula is C20H17Cl2N3O. The van der Waals surface area contributed by atoms with Crippen molar-refractivity contribution in [1.29, 1.82) is 0 Å². The van der Waals surface area contributed by atoms with Gasteiger partial charge in [0, 0.05) is 22.2 Å². The van der Waals surface area contributed by atoms with E-state index in [4.69, 9.17) is 23.2 Å². The zero-order valence-corrected chi connectivity index (χ0v) is 15.5. The largest absolute Gasteiger partial charge is 0.358 e. The number of aryl methyl sites for hydroxylation is 2. The van der Waals surface area contributed by atoms with E-state index in [1.54, 1.807) is 18.2 Å². The number of hydrazone groups is 1. The summed E-state index contributed by atoms with van der Waals surface area (Å²) >= 11 is 11.9. The van der Waals surface area contributed by atoms with Crippen molar-refractivity contribution in [2.45, 2.75) is 25.7 Å². The standard InChI is InChI=1S/C20H17Cl2N3O/c21-16-7-5-12(9-17(16)22)11-23-25-20(26)13-6-8-19-15(10-13)14-3-1-2-4-18(14)24-19/h5-11,24H,1-4H2,(H,25,26)/b23-11+. The molecule has 0 spiro atoms. The number of rotatable bonds is 3. The number of aromatic nitrogens is 1. The Morgan fingerprint density at radius 3 is 2.77 bits per heavy atom.